The molecule has 3 heteroatoms. The summed E-state index contributed by atoms with van der Waals surface area (Å²) in [5.41, 5.74) is 3.66. The highest BCUT2D eigenvalue weighted by molar-refractivity contribution is 6.01. The molecule has 0 aliphatic carbocycles. The van der Waals surface area contributed by atoms with Gasteiger partial charge >= 0.3 is 0 Å². The van der Waals surface area contributed by atoms with E-state index in [1.165, 1.54) is 37.0 Å². The predicted molar refractivity (Wildman–Crippen MR) is 75.7 cm³/mol. The van der Waals surface area contributed by atoms with Crippen molar-refractivity contribution in [2.75, 3.05) is 24.5 Å². The number of hydrogen-bond donors (Lipinski definition) is 0. The minimum absolute atomic E-state index is 0.989. The molecule has 0 N–H and O–H groups in total. The molecule has 2 aliphatic heterocycles. The largest absolute Gasteiger partial charge is 0.357 e. The zero-order chi connectivity index (χ0) is 12.4. The van der Waals surface area contributed by atoms with Gasteiger partial charge in [0.25, 0.3) is 0 Å². The van der Waals surface area contributed by atoms with Crippen molar-refractivity contribution in [3.8, 4) is 0 Å². The van der Waals surface area contributed by atoms with Gasteiger partial charge in [0.1, 0.15) is 5.82 Å². The van der Waals surface area contributed by atoms with Gasteiger partial charge in [0, 0.05) is 36.6 Å². The zero-order valence-corrected chi connectivity index (χ0v) is 11.2. The lowest BCUT2D eigenvalue weighted by molar-refractivity contribution is 0.738. The Hall–Kier alpha value is -1.38. The summed E-state index contributed by atoms with van der Waals surface area (Å²) in [4.78, 5) is 11.8. The van der Waals surface area contributed by atoms with Gasteiger partial charge in [-0.05, 0) is 51.2 Å². The second kappa shape index (κ2) is 5.09. The van der Waals surface area contributed by atoms with E-state index in [1.807, 2.05) is 0 Å². The lowest BCUT2D eigenvalue weighted by Gasteiger charge is -2.19. The zero-order valence-electron chi connectivity index (χ0n) is 11.2. The first-order valence-corrected chi connectivity index (χ1v) is 7.11. The molecule has 0 saturated carbocycles. The summed E-state index contributed by atoms with van der Waals surface area (Å²) in [7, 11) is 0. The van der Waals surface area contributed by atoms with Gasteiger partial charge in [-0.25, -0.2) is 4.98 Å². The molecule has 3 nitrogen and oxygen atoms in total. The van der Waals surface area contributed by atoms with E-state index in [-0.39, 0.29) is 0 Å². The average molecular weight is 243 g/mol. The van der Waals surface area contributed by atoms with Crippen molar-refractivity contribution in [3.05, 3.63) is 23.4 Å². The maximum atomic E-state index is 4.78. The normalized spacial score (nSPS) is 20.1. The first-order chi connectivity index (χ1) is 8.84. The molecule has 3 heterocycles. The maximum absolute atomic E-state index is 4.78. The van der Waals surface area contributed by atoms with Gasteiger partial charge < -0.3 is 4.90 Å². The third kappa shape index (κ3) is 2.26. The lowest BCUT2D eigenvalue weighted by atomic mass is 10.0. The van der Waals surface area contributed by atoms with Crippen LogP contribution in [0.1, 0.15) is 43.4 Å². The van der Waals surface area contributed by atoms with Crippen molar-refractivity contribution in [2.24, 2.45) is 4.99 Å². The molecule has 1 aromatic heterocycles. The molecular formula is C15H21N3. The standard InChI is InChI=1S/C15H21N3/c1-12-13(14-6-2-3-9-16-14)7-8-15(17-12)18-10-4-5-11-18/h7-8H,2-6,9-11H2,1H3. The molecule has 1 saturated heterocycles. The Bertz CT molecular complexity index is 459. The molecule has 0 unspecified atom stereocenters. The van der Waals surface area contributed by atoms with Gasteiger partial charge in [-0.1, -0.05) is 0 Å². The Morgan fingerprint density at radius 1 is 1.06 bits per heavy atom. The summed E-state index contributed by atoms with van der Waals surface area (Å²) >= 11 is 0. The van der Waals surface area contributed by atoms with Crippen molar-refractivity contribution >= 4 is 11.5 Å². The van der Waals surface area contributed by atoms with E-state index in [1.54, 1.807) is 0 Å². The van der Waals surface area contributed by atoms with E-state index >= 15 is 0 Å². The summed E-state index contributed by atoms with van der Waals surface area (Å²) in [6.45, 7) is 5.42. The summed E-state index contributed by atoms with van der Waals surface area (Å²) in [6.07, 6.45) is 6.23. The number of nitrogens with zero attached hydrogens (tertiary/aromatic N) is 3. The third-order valence-corrected chi connectivity index (χ3v) is 3.94. The maximum Gasteiger partial charge on any atom is 0.128 e. The average Bonchev–Trinajstić information content (AvgIpc) is 2.93. The van der Waals surface area contributed by atoms with Crippen LogP contribution in [0.4, 0.5) is 5.82 Å². The molecule has 0 radical (unpaired) electrons. The molecule has 1 aromatic rings. The summed E-state index contributed by atoms with van der Waals surface area (Å²) in [5.74, 6) is 1.14. The highest BCUT2D eigenvalue weighted by atomic mass is 15.2. The topological polar surface area (TPSA) is 28.5 Å². The van der Waals surface area contributed by atoms with Crippen molar-refractivity contribution < 1.29 is 0 Å². The van der Waals surface area contributed by atoms with E-state index in [2.05, 4.69) is 28.9 Å². The summed E-state index contributed by atoms with van der Waals surface area (Å²) < 4.78 is 0. The van der Waals surface area contributed by atoms with Crippen LogP contribution < -0.4 is 4.90 Å². The van der Waals surface area contributed by atoms with Gasteiger partial charge in [0.15, 0.2) is 0 Å². The van der Waals surface area contributed by atoms with Crippen molar-refractivity contribution in [1.29, 1.82) is 0 Å². The van der Waals surface area contributed by atoms with Crippen LogP contribution in [0, 0.1) is 6.92 Å². The summed E-state index contributed by atoms with van der Waals surface area (Å²) in [5, 5.41) is 0. The van der Waals surface area contributed by atoms with Crippen molar-refractivity contribution in [3.63, 3.8) is 0 Å². The number of rotatable bonds is 2. The van der Waals surface area contributed by atoms with Crippen LogP contribution in [0.5, 0.6) is 0 Å². The van der Waals surface area contributed by atoms with Gasteiger partial charge in [0.05, 0.1) is 0 Å². The minimum Gasteiger partial charge on any atom is -0.357 e. The fourth-order valence-electron chi connectivity index (χ4n) is 2.89. The van der Waals surface area contributed by atoms with E-state index in [0.29, 0.717) is 0 Å². The summed E-state index contributed by atoms with van der Waals surface area (Å²) in [6, 6.07) is 4.39. The van der Waals surface area contributed by atoms with Crippen LogP contribution >= 0.6 is 0 Å². The van der Waals surface area contributed by atoms with Gasteiger partial charge in [-0.15, -0.1) is 0 Å². The Kier molecular flexibility index (Phi) is 3.31. The Labute approximate surface area is 109 Å². The molecule has 96 valence electrons. The molecule has 0 atom stereocenters. The molecular weight excluding hydrogens is 222 g/mol. The Morgan fingerprint density at radius 2 is 1.89 bits per heavy atom. The fourth-order valence-corrected chi connectivity index (χ4v) is 2.89. The lowest BCUT2D eigenvalue weighted by Crippen LogP contribution is -2.20. The Morgan fingerprint density at radius 3 is 2.56 bits per heavy atom. The molecule has 3 rings (SSSR count). The monoisotopic (exact) mass is 243 g/mol. The van der Waals surface area contributed by atoms with E-state index in [9.17, 15) is 0 Å². The van der Waals surface area contributed by atoms with Crippen LogP contribution in [0.2, 0.25) is 0 Å². The fraction of sp³-hybridized carbons (Fsp3) is 0.600. The predicted octanol–water partition coefficient (Wildman–Crippen LogP) is 2.96. The number of pyridine rings is 1. The number of aryl methyl sites for hydroxylation is 1. The molecule has 0 aromatic carbocycles. The molecule has 18 heavy (non-hydrogen) atoms. The van der Waals surface area contributed by atoms with Crippen LogP contribution in [0.15, 0.2) is 17.1 Å². The second-order valence-electron chi connectivity index (χ2n) is 5.28. The number of aliphatic imine (C=N–C) groups is 1. The minimum atomic E-state index is 0.989. The highest BCUT2D eigenvalue weighted by Gasteiger charge is 2.16. The van der Waals surface area contributed by atoms with E-state index in [4.69, 9.17) is 4.98 Å². The number of aromatic nitrogens is 1. The van der Waals surface area contributed by atoms with Crippen LogP contribution in [-0.2, 0) is 0 Å². The first-order valence-electron chi connectivity index (χ1n) is 7.11. The van der Waals surface area contributed by atoms with Crippen LogP contribution in [0.3, 0.4) is 0 Å². The molecule has 0 spiro atoms. The molecule has 0 amide bonds. The van der Waals surface area contributed by atoms with Crippen molar-refractivity contribution in [2.45, 2.75) is 39.0 Å². The number of anilines is 1. The highest BCUT2D eigenvalue weighted by Crippen LogP contribution is 2.22. The van der Waals surface area contributed by atoms with Gasteiger partial charge in [-0.3, -0.25) is 4.99 Å². The first kappa shape index (κ1) is 11.7. The van der Waals surface area contributed by atoms with Crippen molar-refractivity contribution in [1.82, 2.24) is 4.98 Å². The molecule has 1 fully saturated rings. The van der Waals surface area contributed by atoms with Crippen LogP contribution in [-0.4, -0.2) is 30.3 Å². The number of hydrogen-bond acceptors (Lipinski definition) is 3. The molecule has 2 aliphatic rings. The second-order valence-corrected chi connectivity index (χ2v) is 5.28. The van der Waals surface area contributed by atoms with Crippen LogP contribution in [0.25, 0.3) is 0 Å². The van der Waals surface area contributed by atoms with Gasteiger partial charge in [-0.2, -0.15) is 0 Å². The molecule has 0 bridgehead atoms. The SMILES string of the molecule is Cc1nc(N2CCCC2)ccc1C1=NCCCC1. The van der Waals surface area contributed by atoms with Gasteiger partial charge in [0.2, 0.25) is 0 Å². The van der Waals surface area contributed by atoms with E-state index < -0.39 is 0 Å². The smallest absolute Gasteiger partial charge is 0.128 e. The quantitative estimate of drug-likeness (QED) is 0.799. The third-order valence-electron chi connectivity index (χ3n) is 3.94. The van der Waals surface area contributed by atoms with E-state index in [0.717, 1.165) is 37.6 Å². The Balaban J connectivity index is 1.86.